The van der Waals surface area contributed by atoms with Crippen LogP contribution >= 0.6 is 11.6 Å². The highest BCUT2D eigenvalue weighted by molar-refractivity contribution is 6.33. The van der Waals surface area contributed by atoms with E-state index >= 15 is 0 Å². The number of ether oxygens (including phenoxy) is 2. The van der Waals surface area contributed by atoms with Crippen LogP contribution in [0.3, 0.4) is 0 Å². The fraction of sp³-hybridized carbons (Fsp3) is 0.167. The number of alkyl halides is 9. The number of hydrogen-bond acceptors (Lipinski definition) is 3. The van der Waals surface area contributed by atoms with E-state index in [9.17, 15) is 44.3 Å². The third kappa shape index (κ3) is 8.16. The van der Waals surface area contributed by atoms with Gasteiger partial charge in [0.25, 0.3) is 5.91 Å². The third-order valence-corrected chi connectivity index (χ3v) is 6.63. The Hall–Kier alpha value is -4.39. The molecule has 0 radical (unpaired) electrons. The highest BCUT2D eigenvalue weighted by Gasteiger charge is 2.40. The molecule has 0 spiro atoms. The molecule has 14 heteroatoms. The largest absolute Gasteiger partial charge is 0.573 e. The first-order chi connectivity index (χ1) is 20.5. The van der Waals surface area contributed by atoms with Gasteiger partial charge in [0.1, 0.15) is 11.5 Å². The fourth-order valence-corrected chi connectivity index (χ4v) is 4.72. The average molecular weight is 648 g/mol. The first-order valence-corrected chi connectivity index (χ1v) is 12.8. The molecule has 0 aliphatic rings. The van der Waals surface area contributed by atoms with Gasteiger partial charge in [-0.3, -0.25) is 4.79 Å². The molecule has 4 aromatic carbocycles. The summed E-state index contributed by atoms with van der Waals surface area (Å²) in [5, 5.41) is 2.17. The van der Waals surface area contributed by atoms with Crippen LogP contribution in [0.15, 0.2) is 97.1 Å². The summed E-state index contributed by atoms with van der Waals surface area (Å²) < 4.78 is 127. The van der Waals surface area contributed by atoms with Crippen LogP contribution in [0.25, 0.3) is 0 Å². The molecule has 0 saturated heterocycles. The van der Waals surface area contributed by atoms with Gasteiger partial charge >= 0.3 is 18.9 Å². The normalized spacial score (nSPS) is 12.5. The minimum Gasteiger partial charge on any atom is -0.406 e. The summed E-state index contributed by atoms with van der Waals surface area (Å²) in [5.41, 5.74) is -3.70. The Labute approximate surface area is 249 Å². The summed E-state index contributed by atoms with van der Waals surface area (Å²) in [4.78, 5) is 13.7. The molecule has 0 aromatic heterocycles. The molecule has 0 fully saturated rings. The van der Waals surface area contributed by atoms with Gasteiger partial charge in [-0.2, -0.15) is 13.2 Å². The number of halogens is 10. The highest BCUT2D eigenvalue weighted by Crippen LogP contribution is 2.39. The van der Waals surface area contributed by atoms with Gasteiger partial charge in [-0.15, -0.1) is 26.3 Å². The van der Waals surface area contributed by atoms with Crippen molar-refractivity contribution in [2.45, 2.75) is 30.9 Å². The summed E-state index contributed by atoms with van der Waals surface area (Å²) in [7, 11) is 0. The number of benzene rings is 4. The lowest BCUT2D eigenvalue weighted by Crippen LogP contribution is -2.48. The Balaban J connectivity index is 1.98. The maximum atomic E-state index is 13.7. The van der Waals surface area contributed by atoms with Crippen molar-refractivity contribution in [3.05, 3.63) is 130 Å². The van der Waals surface area contributed by atoms with Gasteiger partial charge in [-0.1, -0.05) is 66.2 Å². The predicted molar refractivity (Wildman–Crippen MR) is 141 cm³/mol. The van der Waals surface area contributed by atoms with Crippen molar-refractivity contribution >= 4 is 17.5 Å². The molecule has 1 amide bonds. The first-order valence-electron chi connectivity index (χ1n) is 12.4. The summed E-state index contributed by atoms with van der Waals surface area (Å²) in [6.45, 7) is 0. The molecule has 44 heavy (non-hydrogen) atoms. The molecule has 0 atom stereocenters. The molecule has 0 saturated carbocycles. The average Bonchev–Trinajstić information content (AvgIpc) is 2.91. The zero-order valence-corrected chi connectivity index (χ0v) is 22.7. The minimum atomic E-state index is -5.13. The van der Waals surface area contributed by atoms with Crippen molar-refractivity contribution in [3.8, 4) is 11.5 Å². The lowest BCUT2D eigenvalue weighted by Gasteiger charge is -2.37. The van der Waals surface area contributed by atoms with E-state index in [0.717, 1.165) is 42.5 Å². The Morgan fingerprint density at radius 3 is 1.64 bits per heavy atom. The van der Waals surface area contributed by atoms with E-state index in [1.54, 1.807) is 30.3 Å². The second kappa shape index (κ2) is 12.3. The van der Waals surface area contributed by atoms with Crippen LogP contribution in [0, 0.1) is 0 Å². The topological polar surface area (TPSA) is 47.6 Å². The maximum Gasteiger partial charge on any atom is 0.573 e. The predicted octanol–water partition coefficient (Wildman–Crippen LogP) is 9.07. The maximum absolute atomic E-state index is 13.7. The van der Waals surface area contributed by atoms with Gasteiger partial charge < -0.3 is 14.8 Å². The van der Waals surface area contributed by atoms with Crippen LogP contribution in [-0.2, 0) is 18.1 Å². The van der Waals surface area contributed by atoms with Crippen molar-refractivity contribution in [2.24, 2.45) is 0 Å². The fourth-order valence-electron chi connectivity index (χ4n) is 4.52. The van der Waals surface area contributed by atoms with Gasteiger partial charge in [0.15, 0.2) is 0 Å². The van der Waals surface area contributed by atoms with Crippen LogP contribution in [0.5, 0.6) is 11.5 Å². The van der Waals surface area contributed by atoms with E-state index in [0.29, 0.717) is 17.7 Å². The molecule has 4 nitrogen and oxygen atoms in total. The molecule has 0 aliphatic heterocycles. The smallest absolute Gasteiger partial charge is 0.406 e. The van der Waals surface area contributed by atoms with Crippen LogP contribution in [0.1, 0.15) is 32.6 Å². The molecule has 0 heterocycles. The zero-order valence-electron chi connectivity index (χ0n) is 21.9. The molecule has 0 unspecified atom stereocenters. The summed E-state index contributed by atoms with van der Waals surface area (Å²) >= 11 is 6.10. The standard InChI is InChI=1S/C30H19ClF9NO3/c31-25-13-12-21(28(32,33)34)16-24(25)26(42)41-27(17-18-6-2-1-3-7-18,19-8-4-10-22(14-19)43-29(35,36)37)20-9-5-11-23(15-20)44-30(38,39)40/h1-16H,17H2,(H,41,42). The SMILES string of the molecule is O=C(NC(Cc1ccccc1)(c1cccc(OC(F)(F)F)c1)c1cccc(OC(F)(F)F)c1)c1cc(C(F)(F)F)ccc1Cl. The van der Waals surface area contributed by atoms with Crippen LogP contribution in [0.4, 0.5) is 39.5 Å². The summed E-state index contributed by atoms with van der Waals surface area (Å²) in [6, 6.07) is 18.5. The lowest BCUT2D eigenvalue weighted by atomic mass is 9.77. The Morgan fingerprint density at radius 1 is 0.636 bits per heavy atom. The molecule has 4 rings (SSSR count). The van der Waals surface area contributed by atoms with Gasteiger partial charge in [0.05, 0.1) is 21.7 Å². The van der Waals surface area contributed by atoms with E-state index in [1.165, 1.54) is 12.1 Å². The second-order valence-corrected chi connectivity index (χ2v) is 9.77. The molecule has 4 aromatic rings. The number of carbonyl (C=O) groups is 1. The Kier molecular flexibility index (Phi) is 9.10. The van der Waals surface area contributed by atoms with Gasteiger partial charge in [-0.05, 0) is 59.2 Å². The molecule has 1 N–H and O–H groups in total. The molecule has 0 aliphatic carbocycles. The zero-order chi connectivity index (χ0) is 32.3. The highest BCUT2D eigenvalue weighted by atomic mass is 35.5. The van der Waals surface area contributed by atoms with E-state index < -0.39 is 58.0 Å². The monoisotopic (exact) mass is 647 g/mol. The third-order valence-electron chi connectivity index (χ3n) is 6.30. The van der Waals surface area contributed by atoms with Crippen molar-refractivity contribution < 1.29 is 53.8 Å². The van der Waals surface area contributed by atoms with Crippen molar-refractivity contribution in [1.29, 1.82) is 0 Å². The van der Waals surface area contributed by atoms with E-state index in [-0.39, 0.29) is 17.5 Å². The molecular weight excluding hydrogens is 629 g/mol. The van der Waals surface area contributed by atoms with E-state index in [4.69, 9.17) is 11.6 Å². The quantitative estimate of drug-likeness (QED) is 0.194. The number of rotatable bonds is 8. The Morgan fingerprint density at radius 2 is 1.16 bits per heavy atom. The second-order valence-electron chi connectivity index (χ2n) is 9.37. The number of amides is 1. The van der Waals surface area contributed by atoms with E-state index in [1.807, 2.05) is 0 Å². The number of hydrogen-bond donors (Lipinski definition) is 1. The van der Waals surface area contributed by atoms with Gasteiger partial charge in [0, 0.05) is 6.42 Å². The first kappa shape index (κ1) is 32.5. The number of carbonyl (C=O) groups excluding carboxylic acids is 1. The van der Waals surface area contributed by atoms with Gasteiger partial charge in [0.2, 0.25) is 0 Å². The van der Waals surface area contributed by atoms with Crippen LogP contribution in [-0.4, -0.2) is 18.6 Å². The van der Waals surface area contributed by atoms with Crippen LogP contribution < -0.4 is 14.8 Å². The number of nitrogens with one attached hydrogen (secondary N) is 1. The van der Waals surface area contributed by atoms with Crippen molar-refractivity contribution in [1.82, 2.24) is 5.32 Å². The minimum absolute atomic E-state index is 0.122. The molecular formula is C30H19ClF9NO3. The Bertz CT molecular complexity index is 1560. The summed E-state index contributed by atoms with van der Waals surface area (Å²) in [5.74, 6) is -2.68. The molecule has 0 bridgehead atoms. The van der Waals surface area contributed by atoms with Crippen molar-refractivity contribution in [3.63, 3.8) is 0 Å². The van der Waals surface area contributed by atoms with E-state index in [2.05, 4.69) is 14.8 Å². The lowest BCUT2D eigenvalue weighted by molar-refractivity contribution is -0.275. The summed E-state index contributed by atoms with van der Waals surface area (Å²) in [6.07, 6.45) is -15.4. The van der Waals surface area contributed by atoms with Gasteiger partial charge in [-0.25, -0.2) is 0 Å². The van der Waals surface area contributed by atoms with Crippen LogP contribution in [0.2, 0.25) is 5.02 Å². The molecule has 232 valence electrons. The van der Waals surface area contributed by atoms with Crippen molar-refractivity contribution in [2.75, 3.05) is 0 Å².